The molecule has 34 heavy (non-hydrogen) atoms. The number of aromatic nitrogens is 2. The van der Waals surface area contributed by atoms with Crippen LogP contribution in [0.4, 0.5) is 4.79 Å². The Labute approximate surface area is 203 Å². The van der Waals surface area contributed by atoms with E-state index in [0.29, 0.717) is 86.1 Å². The summed E-state index contributed by atoms with van der Waals surface area (Å²) in [7, 11) is 0. The fraction of sp³-hybridized carbons (Fsp3) is 0.565. The van der Waals surface area contributed by atoms with Crippen molar-refractivity contribution in [3.8, 4) is 11.5 Å². The molecule has 10 nitrogen and oxygen atoms in total. The minimum atomic E-state index is -0.347. The zero-order valence-corrected chi connectivity index (χ0v) is 20.7. The molecule has 2 amide bonds. The van der Waals surface area contributed by atoms with Crippen LogP contribution in [0.3, 0.4) is 0 Å². The van der Waals surface area contributed by atoms with Gasteiger partial charge in [0.05, 0.1) is 30.7 Å². The molecule has 0 bridgehead atoms. The Morgan fingerprint density at radius 1 is 0.971 bits per heavy atom. The van der Waals surface area contributed by atoms with E-state index in [9.17, 15) is 14.4 Å². The van der Waals surface area contributed by atoms with Gasteiger partial charge >= 0.3 is 6.09 Å². The number of hydrogen-bond acceptors (Lipinski definition) is 7. The molecule has 2 aromatic rings. The molecular formula is C23H32N4O6S. The molecule has 1 fully saturated rings. The molecule has 1 saturated heterocycles. The summed E-state index contributed by atoms with van der Waals surface area (Å²) in [5.41, 5.74) is 0.340. The Morgan fingerprint density at radius 2 is 1.59 bits per heavy atom. The molecule has 0 spiro atoms. The maximum absolute atomic E-state index is 13.1. The second-order valence-corrected chi connectivity index (χ2v) is 8.15. The zero-order chi connectivity index (χ0) is 24.7. The molecule has 0 saturated carbocycles. The van der Waals surface area contributed by atoms with Gasteiger partial charge in [-0.2, -0.15) is 0 Å². The number of nitrogens with zero attached hydrogens (tertiary/aromatic N) is 3. The third-order valence-corrected chi connectivity index (χ3v) is 5.90. The normalized spacial score (nSPS) is 13.7. The quantitative estimate of drug-likeness (QED) is 0.537. The Balaban J connectivity index is 1.65. The number of aromatic amines is 1. The van der Waals surface area contributed by atoms with E-state index in [2.05, 4.69) is 4.98 Å². The molecule has 1 aromatic carbocycles. The monoisotopic (exact) mass is 492 g/mol. The van der Waals surface area contributed by atoms with Crippen molar-refractivity contribution >= 4 is 35.1 Å². The van der Waals surface area contributed by atoms with Gasteiger partial charge in [0.25, 0.3) is 5.56 Å². The van der Waals surface area contributed by atoms with Crippen molar-refractivity contribution in [2.75, 3.05) is 46.0 Å². The van der Waals surface area contributed by atoms with Crippen molar-refractivity contribution < 1.29 is 23.8 Å². The van der Waals surface area contributed by atoms with Crippen LogP contribution in [0.2, 0.25) is 0 Å². The lowest BCUT2D eigenvalue weighted by molar-refractivity contribution is -0.132. The van der Waals surface area contributed by atoms with Crippen LogP contribution in [0, 0.1) is 4.77 Å². The topological polar surface area (TPSA) is 106 Å². The number of amides is 2. The summed E-state index contributed by atoms with van der Waals surface area (Å²) in [6, 6.07) is 3.40. The Bertz CT molecular complexity index is 1140. The van der Waals surface area contributed by atoms with Crippen LogP contribution >= 0.6 is 12.2 Å². The molecule has 0 atom stereocenters. The van der Waals surface area contributed by atoms with E-state index in [1.165, 1.54) is 4.57 Å². The van der Waals surface area contributed by atoms with Crippen molar-refractivity contribution in [1.29, 1.82) is 0 Å². The van der Waals surface area contributed by atoms with Crippen molar-refractivity contribution in [2.45, 2.75) is 40.2 Å². The first-order valence-electron chi connectivity index (χ1n) is 11.7. The summed E-state index contributed by atoms with van der Waals surface area (Å²) < 4.78 is 18.0. The number of hydrogen-bond donors (Lipinski definition) is 1. The number of nitrogens with one attached hydrogen (secondary N) is 1. The summed E-state index contributed by atoms with van der Waals surface area (Å²) in [5.74, 6) is 1.05. The summed E-state index contributed by atoms with van der Waals surface area (Å²) in [6.45, 7) is 8.90. The Morgan fingerprint density at radius 3 is 2.21 bits per heavy atom. The highest BCUT2D eigenvalue weighted by Gasteiger charge is 2.24. The third-order valence-electron chi connectivity index (χ3n) is 5.58. The molecule has 1 aliphatic rings. The van der Waals surface area contributed by atoms with Gasteiger partial charge < -0.3 is 29.0 Å². The van der Waals surface area contributed by atoms with Crippen LogP contribution in [0.25, 0.3) is 10.9 Å². The van der Waals surface area contributed by atoms with Crippen LogP contribution in [0.5, 0.6) is 11.5 Å². The molecule has 186 valence electrons. The van der Waals surface area contributed by atoms with Gasteiger partial charge in [0.2, 0.25) is 5.91 Å². The predicted octanol–water partition coefficient (Wildman–Crippen LogP) is 2.94. The van der Waals surface area contributed by atoms with Crippen LogP contribution in [-0.4, -0.2) is 77.4 Å². The largest absolute Gasteiger partial charge is 0.490 e. The van der Waals surface area contributed by atoms with Gasteiger partial charge in [0.1, 0.15) is 0 Å². The fourth-order valence-electron chi connectivity index (χ4n) is 3.90. The fourth-order valence-corrected chi connectivity index (χ4v) is 4.18. The summed E-state index contributed by atoms with van der Waals surface area (Å²) >= 11 is 5.41. The van der Waals surface area contributed by atoms with Crippen LogP contribution in [0.15, 0.2) is 16.9 Å². The van der Waals surface area contributed by atoms with E-state index in [1.54, 1.807) is 28.9 Å². The molecule has 1 N–H and O–H groups in total. The first kappa shape index (κ1) is 25.5. The maximum atomic E-state index is 13.1. The van der Waals surface area contributed by atoms with Gasteiger partial charge in [-0.3, -0.25) is 14.2 Å². The standard InChI is InChI=1S/C23H32N4O6S/c1-4-31-18-14-16-17(15-19(18)32-5-2)24-22(34)27(21(16)29)9-7-8-20(28)25-10-12-26(13-11-25)23(30)33-6-3/h14-15H,4-13H2,1-3H3,(H,24,34). The SMILES string of the molecule is CCOC(=O)N1CCN(C(=O)CCCn2c(=S)[nH]c3cc(OCC)c(OCC)cc3c2=O)CC1. The lowest BCUT2D eigenvalue weighted by Crippen LogP contribution is -2.50. The van der Waals surface area contributed by atoms with Gasteiger partial charge in [-0.25, -0.2) is 4.79 Å². The minimum Gasteiger partial charge on any atom is -0.490 e. The molecule has 0 unspecified atom stereocenters. The predicted molar refractivity (Wildman–Crippen MR) is 130 cm³/mol. The van der Waals surface area contributed by atoms with E-state index in [-0.39, 0.29) is 24.0 Å². The average molecular weight is 493 g/mol. The number of benzene rings is 1. The van der Waals surface area contributed by atoms with E-state index in [1.807, 2.05) is 13.8 Å². The van der Waals surface area contributed by atoms with Gasteiger partial charge in [-0.1, -0.05) is 0 Å². The number of carbonyl (C=O) groups excluding carboxylic acids is 2. The zero-order valence-electron chi connectivity index (χ0n) is 19.9. The Kier molecular flexibility index (Phi) is 8.91. The molecule has 11 heteroatoms. The lowest BCUT2D eigenvalue weighted by Gasteiger charge is -2.34. The van der Waals surface area contributed by atoms with Crippen molar-refractivity contribution in [3.63, 3.8) is 0 Å². The second-order valence-electron chi connectivity index (χ2n) is 7.77. The molecule has 3 rings (SSSR count). The third kappa shape index (κ3) is 5.88. The number of H-pyrrole nitrogens is 1. The number of piperazine rings is 1. The summed E-state index contributed by atoms with van der Waals surface area (Å²) in [6.07, 6.45) is 0.404. The molecule has 0 radical (unpaired) electrons. The summed E-state index contributed by atoms with van der Waals surface area (Å²) in [5, 5.41) is 0.446. The van der Waals surface area contributed by atoms with Crippen LogP contribution in [0.1, 0.15) is 33.6 Å². The molecule has 2 heterocycles. The highest BCUT2D eigenvalue weighted by atomic mass is 32.1. The van der Waals surface area contributed by atoms with Crippen molar-refractivity contribution in [2.24, 2.45) is 0 Å². The highest BCUT2D eigenvalue weighted by molar-refractivity contribution is 7.71. The summed E-state index contributed by atoms with van der Waals surface area (Å²) in [4.78, 5) is 44.0. The van der Waals surface area contributed by atoms with E-state index >= 15 is 0 Å². The van der Waals surface area contributed by atoms with Gasteiger partial charge in [0, 0.05) is 45.2 Å². The average Bonchev–Trinajstić information content (AvgIpc) is 2.82. The first-order chi connectivity index (χ1) is 16.4. The van der Waals surface area contributed by atoms with Gasteiger partial charge in [-0.05, 0) is 45.5 Å². The molecular weight excluding hydrogens is 460 g/mol. The van der Waals surface area contributed by atoms with Crippen molar-refractivity contribution in [3.05, 3.63) is 27.3 Å². The van der Waals surface area contributed by atoms with Crippen LogP contribution in [-0.2, 0) is 16.1 Å². The number of fused-ring (bicyclic) bond motifs is 1. The Hall–Kier alpha value is -3.08. The van der Waals surface area contributed by atoms with Crippen LogP contribution < -0.4 is 15.0 Å². The second kappa shape index (κ2) is 11.9. The van der Waals surface area contributed by atoms with E-state index in [4.69, 9.17) is 26.4 Å². The molecule has 0 aliphatic carbocycles. The molecule has 1 aromatic heterocycles. The maximum Gasteiger partial charge on any atom is 0.409 e. The van der Waals surface area contributed by atoms with Gasteiger partial charge in [-0.15, -0.1) is 0 Å². The smallest absolute Gasteiger partial charge is 0.409 e. The van der Waals surface area contributed by atoms with Gasteiger partial charge in [0.15, 0.2) is 16.3 Å². The minimum absolute atomic E-state index is 0.00719. The number of rotatable bonds is 9. The molecule has 1 aliphatic heterocycles. The number of ether oxygens (including phenoxy) is 3. The number of carbonyl (C=O) groups is 2. The van der Waals surface area contributed by atoms with E-state index in [0.717, 1.165) is 0 Å². The first-order valence-corrected chi connectivity index (χ1v) is 12.1. The lowest BCUT2D eigenvalue weighted by atomic mass is 10.2. The highest BCUT2D eigenvalue weighted by Crippen LogP contribution is 2.30. The van der Waals surface area contributed by atoms with Crippen molar-refractivity contribution in [1.82, 2.24) is 19.4 Å². The van der Waals surface area contributed by atoms with E-state index < -0.39 is 0 Å².